The normalized spacial score (nSPS) is 15.0. The van der Waals surface area contributed by atoms with E-state index in [9.17, 15) is 9.18 Å². The van der Waals surface area contributed by atoms with Crippen molar-refractivity contribution in [3.8, 4) is 11.1 Å². The van der Waals surface area contributed by atoms with Gasteiger partial charge in [-0.2, -0.15) is 4.98 Å². The lowest BCUT2D eigenvalue weighted by molar-refractivity contribution is -0.192. The maximum atomic E-state index is 15.5. The molecule has 3 heterocycles. The molecular formula is C24H18ClF4N5O2. The molecule has 0 saturated carbocycles. The summed E-state index contributed by atoms with van der Waals surface area (Å²) in [6.45, 7) is -1.75. The van der Waals surface area contributed by atoms with Crippen LogP contribution in [0.25, 0.3) is 16.8 Å². The molecule has 7 nitrogen and oxygen atoms in total. The molecule has 1 saturated heterocycles. The van der Waals surface area contributed by atoms with Crippen molar-refractivity contribution in [1.82, 2.24) is 19.9 Å². The number of ether oxygens (including phenoxy) is 1. The number of hydrogen-bond donors (Lipinski definition) is 2. The highest BCUT2D eigenvalue weighted by Crippen LogP contribution is 2.45. The van der Waals surface area contributed by atoms with Crippen molar-refractivity contribution in [1.29, 1.82) is 0 Å². The number of rotatable bonds is 6. The zero-order valence-corrected chi connectivity index (χ0v) is 19.2. The van der Waals surface area contributed by atoms with Crippen LogP contribution >= 0.6 is 11.6 Å². The highest BCUT2D eigenvalue weighted by Gasteiger charge is 2.59. The van der Waals surface area contributed by atoms with E-state index in [0.29, 0.717) is 11.2 Å². The lowest BCUT2D eigenvalue weighted by Crippen LogP contribution is -2.62. The van der Waals surface area contributed by atoms with E-state index in [-0.39, 0.29) is 35.3 Å². The van der Waals surface area contributed by atoms with Gasteiger partial charge in [0.25, 0.3) is 11.8 Å². The van der Waals surface area contributed by atoms with E-state index in [4.69, 9.17) is 22.1 Å². The first kappa shape index (κ1) is 24.0. The summed E-state index contributed by atoms with van der Waals surface area (Å²) < 4.78 is 65.9. The predicted molar refractivity (Wildman–Crippen MR) is 124 cm³/mol. The minimum Gasteiger partial charge on any atom is -0.379 e. The fourth-order valence-corrected chi connectivity index (χ4v) is 4.39. The van der Waals surface area contributed by atoms with Crippen LogP contribution in [0.3, 0.4) is 0 Å². The number of fused-ring (bicyclic) bond motifs is 1. The van der Waals surface area contributed by atoms with Gasteiger partial charge in [-0.25, -0.2) is 22.1 Å². The van der Waals surface area contributed by atoms with Gasteiger partial charge in [-0.1, -0.05) is 23.7 Å². The van der Waals surface area contributed by atoms with E-state index in [0.717, 1.165) is 12.1 Å². The van der Waals surface area contributed by atoms with Crippen LogP contribution in [0.4, 0.5) is 23.5 Å². The predicted octanol–water partition coefficient (Wildman–Crippen LogP) is 4.24. The third kappa shape index (κ3) is 3.94. The summed E-state index contributed by atoms with van der Waals surface area (Å²) in [5.41, 5.74) is 4.12. The molecular weight excluding hydrogens is 502 g/mol. The number of hydrogen-bond acceptors (Lipinski definition) is 5. The number of nitrogens with one attached hydrogen (secondary N) is 1. The summed E-state index contributed by atoms with van der Waals surface area (Å²) in [5, 5.41) is 5.80. The summed E-state index contributed by atoms with van der Waals surface area (Å²) in [7, 11) is 0. The van der Waals surface area contributed by atoms with E-state index in [1.54, 1.807) is 0 Å². The number of pyridine rings is 1. The van der Waals surface area contributed by atoms with Crippen LogP contribution in [0.2, 0.25) is 5.02 Å². The molecule has 12 heteroatoms. The second kappa shape index (κ2) is 8.75. The number of amides is 1. The number of nitrogens with two attached hydrogens (primary N) is 1. The number of anilines is 1. The minimum absolute atomic E-state index is 0.00978. The summed E-state index contributed by atoms with van der Waals surface area (Å²) in [4.78, 5) is 16.9. The third-order valence-corrected chi connectivity index (χ3v) is 6.56. The van der Waals surface area contributed by atoms with Crippen LogP contribution in [-0.2, 0) is 10.2 Å². The summed E-state index contributed by atoms with van der Waals surface area (Å²) >= 11 is 6.08. The van der Waals surface area contributed by atoms with Crippen molar-refractivity contribution in [3.63, 3.8) is 0 Å². The molecule has 5 rings (SSSR count). The van der Waals surface area contributed by atoms with Crippen molar-refractivity contribution in [3.05, 3.63) is 82.5 Å². The number of carbonyl (C=O) groups is 1. The average molecular weight is 520 g/mol. The van der Waals surface area contributed by atoms with Gasteiger partial charge in [-0.15, -0.1) is 5.10 Å². The molecule has 2 aromatic carbocycles. The average Bonchev–Trinajstić information content (AvgIpc) is 3.17. The Labute approximate surface area is 206 Å². The molecule has 4 aromatic rings. The van der Waals surface area contributed by atoms with Crippen LogP contribution in [0.15, 0.2) is 54.7 Å². The maximum absolute atomic E-state index is 15.5. The van der Waals surface area contributed by atoms with Gasteiger partial charge in [0.05, 0.1) is 30.3 Å². The largest absolute Gasteiger partial charge is 0.379 e. The number of aromatic nitrogens is 3. The molecule has 0 spiro atoms. The number of nitrogens with zero attached hydrogens (tertiary/aromatic N) is 3. The lowest BCUT2D eigenvalue weighted by atomic mass is 9.73. The first-order valence-corrected chi connectivity index (χ1v) is 11.1. The zero-order chi connectivity index (χ0) is 25.7. The fraction of sp³-hybridized carbons (Fsp3) is 0.208. The Morgan fingerprint density at radius 3 is 2.56 bits per heavy atom. The summed E-state index contributed by atoms with van der Waals surface area (Å²) in [6.07, 6.45) is 1.51. The van der Waals surface area contributed by atoms with E-state index < -0.39 is 41.0 Å². The Balaban J connectivity index is 1.41. The van der Waals surface area contributed by atoms with Gasteiger partial charge in [0.2, 0.25) is 5.95 Å². The first-order valence-electron chi connectivity index (χ1n) is 10.7. The smallest absolute Gasteiger partial charge is 0.278 e. The van der Waals surface area contributed by atoms with Crippen LogP contribution in [0.1, 0.15) is 15.9 Å². The molecule has 0 unspecified atom stereocenters. The number of nitrogen functional groups attached to an aromatic ring is 1. The van der Waals surface area contributed by atoms with E-state index in [1.165, 1.54) is 47.1 Å². The Morgan fingerprint density at radius 1 is 1.17 bits per heavy atom. The molecule has 3 N–H and O–H groups in total. The quantitative estimate of drug-likeness (QED) is 0.372. The van der Waals surface area contributed by atoms with Crippen LogP contribution in [0, 0.1) is 11.6 Å². The van der Waals surface area contributed by atoms with Gasteiger partial charge in [0, 0.05) is 11.8 Å². The molecule has 36 heavy (non-hydrogen) atoms. The Kier molecular flexibility index (Phi) is 5.84. The molecule has 0 bridgehead atoms. The Hall–Kier alpha value is -3.70. The van der Waals surface area contributed by atoms with Gasteiger partial charge in [0.15, 0.2) is 5.65 Å². The van der Waals surface area contributed by atoms with Crippen LogP contribution in [0.5, 0.6) is 0 Å². The van der Waals surface area contributed by atoms with Gasteiger partial charge >= 0.3 is 0 Å². The van der Waals surface area contributed by atoms with E-state index in [2.05, 4.69) is 15.4 Å². The number of alkyl halides is 2. The number of halogens is 5. The molecule has 0 atom stereocenters. The lowest BCUT2D eigenvalue weighted by Gasteiger charge is -2.47. The topological polar surface area (TPSA) is 94.5 Å². The van der Waals surface area contributed by atoms with Crippen LogP contribution < -0.4 is 11.1 Å². The summed E-state index contributed by atoms with van der Waals surface area (Å²) in [5.74, 6) is -6.12. The molecule has 1 amide bonds. The standard InChI is InChI=1S/C24H18ClF4N5O2/c25-17-6-5-16(13-7-8-34-18(9-13)32-22(30)33-34)20(27)19(17)21(35)31-10-24(28,29)23(11-36-12-23)14-1-3-15(26)4-2-14/h1-9H,10-12H2,(H2,30,33)(H,31,35). The molecule has 0 aliphatic carbocycles. The molecule has 0 radical (unpaired) electrons. The van der Waals surface area contributed by atoms with Gasteiger partial charge < -0.3 is 15.8 Å². The Bertz CT molecular complexity index is 1470. The van der Waals surface area contributed by atoms with Crippen molar-refractivity contribution >= 4 is 29.1 Å². The minimum atomic E-state index is -3.49. The summed E-state index contributed by atoms with van der Waals surface area (Å²) in [6, 6.07) is 10.4. The molecule has 1 aliphatic rings. The molecule has 186 valence electrons. The third-order valence-electron chi connectivity index (χ3n) is 6.25. The first-order chi connectivity index (χ1) is 17.1. The monoisotopic (exact) mass is 519 g/mol. The SMILES string of the molecule is Nc1nc2cc(-c3ccc(Cl)c(C(=O)NCC(F)(F)C4(c5ccc(F)cc5)COC4)c3F)ccn2n1. The fourth-order valence-electron chi connectivity index (χ4n) is 4.16. The second-order valence-corrected chi connectivity index (χ2v) is 8.85. The highest BCUT2D eigenvalue weighted by molar-refractivity contribution is 6.34. The van der Waals surface area contributed by atoms with Gasteiger partial charge in [-0.3, -0.25) is 4.79 Å². The van der Waals surface area contributed by atoms with Crippen molar-refractivity contribution < 1.29 is 27.1 Å². The van der Waals surface area contributed by atoms with Crippen molar-refractivity contribution in [2.24, 2.45) is 0 Å². The second-order valence-electron chi connectivity index (χ2n) is 8.44. The number of benzene rings is 2. The van der Waals surface area contributed by atoms with Gasteiger partial charge in [-0.05, 0) is 47.5 Å². The van der Waals surface area contributed by atoms with Gasteiger partial charge in [0.1, 0.15) is 17.0 Å². The van der Waals surface area contributed by atoms with E-state index >= 15 is 13.2 Å². The van der Waals surface area contributed by atoms with Crippen molar-refractivity contribution in [2.45, 2.75) is 11.3 Å². The van der Waals surface area contributed by atoms with Crippen molar-refractivity contribution in [2.75, 3.05) is 25.5 Å². The molecule has 1 aliphatic heterocycles. The zero-order valence-electron chi connectivity index (χ0n) is 18.4. The molecule has 1 fully saturated rings. The molecule has 2 aromatic heterocycles. The van der Waals surface area contributed by atoms with Crippen LogP contribution in [-0.4, -0.2) is 46.2 Å². The highest BCUT2D eigenvalue weighted by atomic mass is 35.5. The number of carbonyl (C=O) groups excluding carboxylic acids is 1. The van der Waals surface area contributed by atoms with E-state index in [1.807, 2.05) is 0 Å². The maximum Gasteiger partial charge on any atom is 0.278 e. The Morgan fingerprint density at radius 2 is 1.89 bits per heavy atom.